The molecule has 6 nitrogen and oxygen atoms in total. The van der Waals surface area contributed by atoms with Crippen molar-refractivity contribution in [2.75, 3.05) is 14.1 Å². The molecular formula is C25H37NO5. The summed E-state index contributed by atoms with van der Waals surface area (Å²) in [5.74, 6) is 1.44. The van der Waals surface area contributed by atoms with E-state index < -0.39 is 6.10 Å². The SMILES string of the molecule is CC(C=O)[C@H]1CC[C@H]2[C@@H]3C(OC(=O)N(C)C)C=C4CC(O)C5OC5[C@]4(C)[C@H]3CC[C@]12C. The summed E-state index contributed by atoms with van der Waals surface area (Å²) in [6.45, 7) is 6.76. The maximum Gasteiger partial charge on any atom is 0.409 e. The minimum Gasteiger partial charge on any atom is -0.442 e. The maximum atomic E-state index is 12.6. The number of aliphatic hydroxyl groups is 1. The van der Waals surface area contributed by atoms with Gasteiger partial charge in [0.15, 0.2) is 0 Å². The number of epoxide rings is 1. The number of carbonyl (C=O) groups excluding carboxylic acids is 2. The average molecular weight is 432 g/mol. The van der Waals surface area contributed by atoms with Gasteiger partial charge in [-0.15, -0.1) is 0 Å². The van der Waals surface area contributed by atoms with Crippen LogP contribution in [0.25, 0.3) is 0 Å². The van der Waals surface area contributed by atoms with E-state index in [1.54, 1.807) is 14.1 Å². The third kappa shape index (κ3) is 2.90. The summed E-state index contributed by atoms with van der Waals surface area (Å²) in [6.07, 6.45) is 7.11. The van der Waals surface area contributed by atoms with Crippen molar-refractivity contribution in [2.24, 2.45) is 40.4 Å². The Kier molecular flexibility index (Phi) is 4.88. The van der Waals surface area contributed by atoms with Crippen molar-refractivity contribution < 1.29 is 24.2 Å². The second kappa shape index (κ2) is 7.05. The monoisotopic (exact) mass is 431 g/mol. The van der Waals surface area contributed by atoms with E-state index in [2.05, 4.69) is 26.8 Å². The van der Waals surface area contributed by atoms with Crippen LogP contribution < -0.4 is 0 Å². The van der Waals surface area contributed by atoms with Gasteiger partial charge in [0, 0.05) is 31.3 Å². The Morgan fingerprint density at radius 2 is 2.03 bits per heavy atom. The van der Waals surface area contributed by atoms with Crippen molar-refractivity contribution in [1.29, 1.82) is 0 Å². The maximum absolute atomic E-state index is 12.6. The van der Waals surface area contributed by atoms with Crippen molar-refractivity contribution in [3.05, 3.63) is 11.6 Å². The van der Waals surface area contributed by atoms with Crippen LogP contribution in [0, 0.1) is 40.4 Å². The lowest BCUT2D eigenvalue weighted by atomic mass is 9.46. The molecule has 1 aliphatic heterocycles. The van der Waals surface area contributed by atoms with Crippen LogP contribution >= 0.6 is 0 Å². The highest BCUT2D eigenvalue weighted by atomic mass is 16.6. The van der Waals surface area contributed by atoms with Crippen LogP contribution in [0.4, 0.5) is 4.79 Å². The van der Waals surface area contributed by atoms with Crippen molar-refractivity contribution >= 4 is 12.4 Å². The van der Waals surface area contributed by atoms with E-state index in [4.69, 9.17) is 9.47 Å². The van der Waals surface area contributed by atoms with Gasteiger partial charge < -0.3 is 24.3 Å². The largest absolute Gasteiger partial charge is 0.442 e. The van der Waals surface area contributed by atoms with Gasteiger partial charge in [-0.1, -0.05) is 26.3 Å². The predicted molar refractivity (Wildman–Crippen MR) is 115 cm³/mol. The molecule has 1 amide bonds. The molecule has 4 fully saturated rings. The molecule has 0 aromatic rings. The van der Waals surface area contributed by atoms with Crippen LogP contribution in [-0.4, -0.2) is 60.9 Å². The van der Waals surface area contributed by atoms with Gasteiger partial charge in [-0.25, -0.2) is 4.79 Å². The molecule has 4 aliphatic carbocycles. The number of rotatable bonds is 3. The molecule has 31 heavy (non-hydrogen) atoms. The number of fused-ring (bicyclic) bond motifs is 7. The number of amides is 1. The van der Waals surface area contributed by atoms with Gasteiger partial charge in [-0.05, 0) is 61.3 Å². The number of nitrogens with zero attached hydrogens (tertiary/aromatic N) is 1. The third-order valence-corrected chi connectivity index (χ3v) is 9.99. The minimum absolute atomic E-state index is 0.0524. The Morgan fingerprint density at radius 3 is 2.71 bits per heavy atom. The Labute approximate surface area is 185 Å². The highest BCUT2D eigenvalue weighted by Gasteiger charge is 2.69. The molecule has 1 N–H and O–H groups in total. The summed E-state index contributed by atoms with van der Waals surface area (Å²) in [5, 5.41) is 10.5. The first-order chi connectivity index (χ1) is 14.6. The molecule has 0 aromatic heterocycles. The fourth-order valence-corrected chi connectivity index (χ4v) is 8.34. The molecule has 11 atom stereocenters. The van der Waals surface area contributed by atoms with Crippen molar-refractivity contribution in [2.45, 2.75) is 77.3 Å². The van der Waals surface area contributed by atoms with Crippen LogP contribution in [0.2, 0.25) is 0 Å². The summed E-state index contributed by atoms with van der Waals surface area (Å²) in [6, 6.07) is 0. The first kappa shape index (κ1) is 21.4. The second-order valence-corrected chi connectivity index (χ2v) is 11.5. The Hall–Kier alpha value is -1.40. The molecule has 1 saturated heterocycles. The summed E-state index contributed by atoms with van der Waals surface area (Å²) in [4.78, 5) is 25.8. The third-order valence-electron chi connectivity index (χ3n) is 9.99. The van der Waals surface area contributed by atoms with E-state index in [-0.39, 0.29) is 47.1 Å². The Balaban J connectivity index is 1.56. The van der Waals surface area contributed by atoms with Gasteiger partial charge >= 0.3 is 6.09 Å². The predicted octanol–water partition coefficient (Wildman–Crippen LogP) is 3.43. The molecule has 0 aromatic carbocycles. The van der Waals surface area contributed by atoms with Gasteiger partial charge in [0.2, 0.25) is 0 Å². The molecule has 1 heterocycles. The van der Waals surface area contributed by atoms with Crippen LogP contribution in [0.5, 0.6) is 0 Å². The summed E-state index contributed by atoms with van der Waals surface area (Å²) >= 11 is 0. The van der Waals surface area contributed by atoms with Crippen molar-refractivity contribution in [3.63, 3.8) is 0 Å². The fourth-order valence-electron chi connectivity index (χ4n) is 8.34. The number of aliphatic hydroxyl groups excluding tert-OH is 1. The van der Waals surface area contributed by atoms with E-state index in [0.717, 1.165) is 32.0 Å². The lowest BCUT2D eigenvalue weighted by Gasteiger charge is -2.58. The van der Waals surface area contributed by atoms with Crippen LogP contribution in [0.1, 0.15) is 52.9 Å². The molecule has 172 valence electrons. The van der Waals surface area contributed by atoms with Gasteiger partial charge in [0.25, 0.3) is 0 Å². The Bertz CT molecular complexity index is 810. The molecule has 0 bridgehead atoms. The molecule has 6 heteroatoms. The molecular weight excluding hydrogens is 394 g/mol. The van der Waals surface area contributed by atoms with Gasteiger partial charge in [0.05, 0.1) is 12.2 Å². The summed E-state index contributed by atoms with van der Waals surface area (Å²) < 4.78 is 12.1. The fraction of sp³-hybridized carbons (Fsp3) is 0.840. The topological polar surface area (TPSA) is 79.4 Å². The van der Waals surface area contributed by atoms with Crippen LogP contribution in [0.3, 0.4) is 0 Å². The van der Waals surface area contributed by atoms with E-state index >= 15 is 0 Å². The number of hydrogen-bond acceptors (Lipinski definition) is 5. The highest BCUT2D eigenvalue weighted by molar-refractivity contribution is 5.67. The molecule has 5 unspecified atom stereocenters. The standard InChI is InChI=1S/C25H37NO5/c1-13(12-27)15-6-7-16-20-17(8-9-24(15,16)2)25(3)14(10-18(28)21-22(25)31-21)11-19(20)30-23(29)26(4)5/h11-13,15-22,28H,6-10H2,1-5H3/t13?,15-,16+,17+,18?,19?,20+,21?,22?,24-,25+/m1/s1. The molecule has 5 rings (SSSR count). The number of aldehydes is 1. The zero-order valence-electron chi connectivity index (χ0n) is 19.4. The number of carbonyl (C=O) groups is 2. The molecule has 3 saturated carbocycles. The van der Waals surface area contributed by atoms with Gasteiger partial charge in [-0.2, -0.15) is 0 Å². The highest BCUT2D eigenvalue weighted by Crippen LogP contribution is 2.69. The summed E-state index contributed by atoms with van der Waals surface area (Å²) in [7, 11) is 3.44. The lowest BCUT2D eigenvalue weighted by Crippen LogP contribution is -2.58. The van der Waals surface area contributed by atoms with E-state index in [1.165, 1.54) is 10.5 Å². The number of hydrogen-bond donors (Lipinski definition) is 1. The number of ether oxygens (including phenoxy) is 2. The smallest absolute Gasteiger partial charge is 0.409 e. The van der Waals surface area contributed by atoms with Gasteiger partial charge in [0.1, 0.15) is 18.5 Å². The lowest BCUT2D eigenvalue weighted by molar-refractivity contribution is -0.118. The quantitative estimate of drug-likeness (QED) is 0.421. The van der Waals surface area contributed by atoms with Crippen LogP contribution in [0.15, 0.2) is 11.6 Å². The zero-order chi connectivity index (χ0) is 22.3. The minimum atomic E-state index is -0.468. The first-order valence-electron chi connectivity index (χ1n) is 12.0. The van der Waals surface area contributed by atoms with Crippen molar-refractivity contribution in [1.82, 2.24) is 4.90 Å². The first-order valence-corrected chi connectivity index (χ1v) is 12.0. The van der Waals surface area contributed by atoms with Crippen molar-refractivity contribution in [3.8, 4) is 0 Å². The molecule has 5 aliphatic rings. The normalized spacial score (nSPS) is 50.7. The van der Waals surface area contributed by atoms with E-state index in [9.17, 15) is 14.7 Å². The summed E-state index contributed by atoms with van der Waals surface area (Å²) in [5.41, 5.74) is 1.19. The van der Waals surface area contributed by atoms with E-state index in [1.807, 2.05) is 0 Å². The zero-order valence-corrected chi connectivity index (χ0v) is 19.4. The van der Waals surface area contributed by atoms with Gasteiger partial charge in [-0.3, -0.25) is 0 Å². The Morgan fingerprint density at radius 1 is 1.29 bits per heavy atom. The molecule has 0 radical (unpaired) electrons. The average Bonchev–Trinajstić information content (AvgIpc) is 3.47. The van der Waals surface area contributed by atoms with Crippen LogP contribution in [-0.2, 0) is 14.3 Å². The molecule has 0 spiro atoms. The van der Waals surface area contributed by atoms with E-state index in [0.29, 0.717) is 24.2 Å². The second-order valence-electron chi connectivity index (χ2n) is 11.5.